The number of rotatable bonds is 8. The smallest absolute Gasteiger partial charge is 0.330 e. The van der Waals surface area contributed by atoms with Gasteiger partial charge in [0.05, 0.1) is 14.2 Å². The molecule has 0 aromatic rings. The van der Waals surface area contributed by atoms with E-state index < -0.39 is 0 Å². The summed E-state index contributed by atoms with van der Waals surface area (Å²) in [5.74, 6) is -0.628. The Morgan fingerprint density at radius 1 is 0.824 bits per heavy atom. The zero-order valence-corrected chi connectivity index (χ0v) is 10.5. The van der Waals surface area contributed by atoms with E-state index >= 15 is 0 Å². The Kier molecular flexibility index (Phi) is 9.91. The van der Waals surface area contributed by atoms with Gasteiger partial charge in [-0.05, 0) is 25.7 Å². The minimum Gasteiger partial charge on any atom is -0.466 e. The fraction of sp³-hybridized carbons (Fsp3) is 0.538. The number of carbonyl (C=O) groups excluding carboxylic acids is 2. The van der Waals surface area contributed by atoms with Gasteiger partial charge < -0.3 is 9.47 Å². The minimum absolute atomic E-state index is 0.314. The van der Waals surface area contributed by atoms with Crippen molar-refractivity contribution in [2.24, 2.45) is 0 Å². The fourth-order valence-electron chi connectivity index (χ4n) is 1.20. The molecule has 0 saturated heterocycles. The number of ether oxygens (including phenoxy) is 2. The molecule has 0 rings (SSSR count). The molecular formula is C13H20O4. The van der Waals surface area contributed by atoms with Crippen molar-refractivity contribution in [2.45, 2.75) is 32.1 Å². The van der Waals surface area contributed by atoms with Gasteiger partial charge in [0.15, 0.2) is 0 Å². The largest absolute Gasteiger partial charge is 0.466 e. The van der Waals surface area contributed by atoms with E-state index in [1.165, 1.54) is 26.4 Å². The summed E-state index contributed by atoms with van der Waals surface area (Å²) in [5, 5.41) is 0. The van der Waals surface area contributed by atoms with E-state index in [1.807, 2.05) is 12.2 Å². The van der Waals surface area contributed by atoms with Crippen molar-refractivity contribution in [3.63, 3.8) is 0 Å². The highest BCUT2D eigenvalue weighted by Crippen LogP contribution is 2.04. The van der Waals surface area contributed by atoms with Crippen LogP contribution in [-0.4, -0.2) is 26.2 Å². The zero-order chi connectivity index (χ0) is 12.9. The molecule has 0 fully saturated rings. The van der Waals surface area contributed by atoms with Crippen LogP contribution in [0.2, 0.25) is 0 Å². The first-order valence-electron chi connectivity index (χ1n) is 5.69. The van der Waals surface area contributed by atoms with Crippen LogP contribution < -0.4 is 0 Å². The van der Waals surface area contributed by atoms with E-state index in [1.54, 1.807) is 0 Å². The number of esters is 2. The van der Waals surface area contributed by atoms with Crippen LogP contribution in [0.3, 0.4) is 0 Å². The first kappa shape index (κ1) is 15.4. The van der Waals surface area contributed by atoms with Gasteiger partial charge in [0, 0.05) is 12.2 Å². The average molecular weight is 240 g/mol. The van der Waals surface area contributed by atoms with E-state index in [9.17, 15) is 9.59 Å². The third kappa shape index (κ3) is 10.7. The van der Waals surface area contributed by atoms with Crippen LogP contribution in [0.4, 0.5) is 0 Å². The van der Waals surface area contributed by atoms with Crippen molar-refractivity contribution in [3.8, 4) is 0 Å². The van der Waals surface area contributed by atoms with E-state index in [0.717, 1.165) is 32.1 Å². The van der Waals surface area contributed by atoms with Crippen molar-refractivity contribution in [1.82, 2.24) is 0 Å². The molecular weight excluding hydrogens is 220 g/mol. The standard InChI is InChI=1S/C13H20O4/c1-16-12(14)10-8-6-4-3-5-7-9-11-13(15)17-2/h8-11H,3-7H2,1-2H3. The lowest BCUT2D eigenvalue weighted by molar-refractivity contribution is -0.135. The van der Waals surface area contributed by atoms with Gasteiger partial charge in [-0.15, -0.1) is 0 Å². The SMILES string of the molecule is COC(=O)C=CCCCCCC=CC(=O)OC. The summed E-state index contributed by atoms with van der Waals surface area (Å²) in [7, 11) is 2.72. The van der Waals surface area contributed by atoms with Gasteiger partial charge in [0.1, 0.15) is 0 Å². The lowest BCUT2D eigenvalue weighted by Crippen LogP contribution is -1.93. The minimum atomic E-state index is -0.314. The predicted octanol–water partition coefficient (Wildman–Crippen LogP) is 2.40. The van der Waals surface area contributed by atoms with Gasteiger partial charge in [0.25, 0.3) is 0 Å². The predicted molar refractivity (Wildman–Crippen MR) is 65.4 cm³/mol. The molecule has 0 aliphatic heterocycles. The van der Waals surface area contributed by atoms with Gasteiger partial charge in [-0.3, -0.25) is 0 Å². The molecule has 0 N–H and O–H groups in total. The van der Waals surface area contributed by atoms with Crippen LogP contribution >= 0.6 is 0 Å². The molecule has 96 valence electrons. The summed E-state index contributed by atoms with van der Waals surface area (Å²) in [6.45, 7) is 0. The van der Waals surface area contributed by atoms with Gasteiger partial charge in [-0.1, -0.05) is 18.6 Å². The van der Waals surface area contributed by atoms with E-state index in [4.69, 9.17) is 0 Å². The maximum absolute atomic E-state index is 10.7. The maximum Gasteiger partial charge on any atom is 0.330 e. The number of unbranched alkanes of at least 4 members (excludes halogenated alkanes) is 4. The first-order valence-corrected chi connectivity index (χ1v) is 5.69. The Bertz CT molecular complexity index is 251. The van der Waals surface area contributed by atoms with E-state index in [0.29, 0.717) is 0 Å². The fourth-order valence-corrected chi connectivity index (χ4v) is 1.20. The van der Waals surface area contributed by atoms with Crippen molar-refractivity contribution in [3.05, 3.63) is 24.3 Å². The van der Waals surface area contributed by atoms with Crippen LogP contribution in [0.15, 0.2) is 24.3 Å². The Hall–Kier alpha value is -1.58. The van der Waals surface area contributed by atoms with Crippen LogP contribution in [0.1, 0.15) is 32.1 Å². The topological polar surface area (TPSA) is 52.6 Å². The van der Waals surface area contributed by atoms with Gasteiger partial charge in [-0.25, -0.2) is 9.59 Å². The molecule has 0 atom stereocenters. The molecule has 0 amide bonds. The summed E-state index contributed by atoms with van der Waals surface area (Å²) < 4.78 is 8.93. The second kappa shape index (κ2) is 10.9. The summed E-state index contributed by atoms with van der Waals surface area (Å²) in [4.78, 5) is 21.4. The normalized spacial score (nSPS) is 10.9. The highest BCUT2D eigenvalue weighted by atomic mass is 16.5. The second-order valence-corrected chi connectivity index (χ2v) is 3.49. The number of hydrogen-bond acceptors (Lipinski definition) is 4. The van der Waals surface area contributed by atoms with Crippen molar-refractivity contribution >= 4 is 11.9 Å². The van der Waals surface area contributed by atoms with E-state index in [-0.39, 0.29) is 11.9 Å². The first-order chi connectivity index (χ1) is 8.20. The number of hydrogen-bond donors (Lipinski definition) is 0. The lowest BCUT2D eigenvalue weighted by atomic mass is 10.1. The van der Waals surface area contributed by atoms with Crippen molar-refractivity contribution in [2.75, 3.05) is 14.2 Å². The number of methoxy groups -OCH3 is 2. The highest BCUT2D eigenvalue weighted by Gasteiger charge is 1.91. The molecule has 0 aromatic heterocycles. The molecule has 0 unspecified atom stereocenters. The van der Waals surface area contributed by atoms with Crippen LogP contribution in [-0.2, 0) is 19.1 Å². The molecule has 0 saturated carbocycles. The number of carbonyl (C=O) groups is 2. The molecule has 17 heavy (non-hydrogen) atoms. The summed E-state index contributed by atoms with van der Waals surface area (Å²) >= 11 is 0. The summed E-state index contributed by atoms with van der Waals surface area (Å²) in [6, 6.07) is 0. The second-order valence-electron chi connectivity index (χ2n) is 3.49. The maximum atomic E-state index is 10.7. The molecule has 0 spiro atoms. The molecule has 4 heteroatoms. The van der Waals surface area contributed by atoms with Crippen molar-refractivity contribution in [1.29, 1.82) is 0 Å². The summed E-state index contributed by atoms with van der Waals surface area (Å²) in [6.07, 6.45) is 11.4. The van der Waals surface area contributed by atoms with Gasteiger partial charge >= 0.3 is 11.9 Å². The summed E-state index contributed by atoms with van der Waals surface area (Å²) in [5.41, 5.74) is 0. The van der Waals surface area contributed by atoms with Crippen LogP contribution in [0.5, 0.6) is 0 Å². The molecule has 0 radical (unpaired) electrons. The molecule has 0 heterocycles. The third-order valence-corrected chi connectivity index (χ3v) is 2.15. The lowest BCUT2D eigenvalue weighted by Gasteiger charge is -1.95. The molecule has 4 nitrogen and oxygen atoms in total. The molecule has 0 aromatic carbocycles. The van der Waals surface area contributed by atoms with Crippen LogP contribution in [0.25, 0.3) is 0 Å². The average Bonchev–Trinajstić information content (AvgIpc) is 2.35. The molecule has 0 aliphatic carbocycles. The van der Waals surface area contributed by atoms with Gasteiger partial charge in [-0.2, -0.15) is 0 Å². The monoisotopic (exact) mass is 240 g/mol. The quantitative estimate of drug-likeness (QED) is 0.371. The van der Waals surface area contributed by atoms with Crippen LogP contribution in [0, 0.1) is 0 Å². The van der Waals surface area contributed by atoms with E-state index in [2.05, 4.69) is 9.47 Å². The Labute approximate surface area is 102 Å². The Morgan fingerprint density at radius 2 is 1.24 bits per heavy atom. The molecule has 0 aliphatic rings. The Morgan fingerprint density at radius 3 is 1.59 bits per heavy atom. The zero-order valence-electron chi connectivity index (χ0n) is 10.5. The highest BCUT2D eigenvalue weighted by molar-refractivity contribution is 5.81. The van der Waals surface area contributed by atoms with Crippen molar-refractivity contribution < 1.29 is 19.1 Å². The third-order valence-electron chi connectivity index (χ3n) is 2.15. The van der Waals surface area contributed by atoms with Gasteiger partial charge in [0.2, 0.25) is 0 Å². The molecule has 0 bridgehead atoms. The Balaban J connectivity index is 3.35. The number of allylic oxidation sites excluding steroid dienone is 2.